The molecule has 0 spiro atoms. The molecule has 7 nitrogen and oxygen atoms in total. The van der Waals surface area contributed by atoms with E-state index in [-0.39, 0.29) is 23.7 Å². The van der Waals surface area contributed by atoms with Crippen LogP contribution in [-0.2, 0) is 20.7 Å². The average Bonchev–Trinajstić information content (AvgIpc) is 3.07. The number of thioether (sulfide) groups is 1. The number of carbonyl (C=O) groups is 3. The van der Waals surface area contributed by atoms with Gasteiger partial charge in [-0.1, -0.05) is 36.0 Å². The monoisotopic (exact) mass is 457 g/mol. The van der Waals surface area contributed by atoms with Crippen molar-refractivity contribution in [1.29, 1.82) is 0 Å². The lowest BCUT2D eigenvalue weighted by molar-refractivity contribution is -0.160. The number of carbonyl (C=O) groups excluding carboxylic acids is 3. The predicted molar refractivity (Wildman–Crippen MR) is 122 cm³/mol. The van der Waals surface area contributed by atoms with Crippen LogP contribution in [0.4, 0.5) is 4.79 Å². The topological polar surface area (TPSA) is 90.9 Å². The Morgan fingerprint density at radius 3 is 2.41 bits per heavy atom. The highest BCUT2D eigenvalue weighted by molar-refractivity contribution is 8.15. The van der Waals surface area contributed by atoms with Crippen LogP contribution in [0.5, 0.6) is 11.5 Å². The normalized spacial score (nSPS) is 16.9. The van der Waals surface area contributed by atoms with Gasteiger partial charge in [0, 0.05) is 0 Å². The molecule has 1 aliphatic heterocycles. The molecular formula is C24H27NO6S. The number of benzene rings is 2. The van der Waals surface area contributed by atoms with Crippen LogP contribution in [0.2, 0.25) is 0 Å². The Kier molecular flexibility index (Phi) is 7.45. The number of imide groups is 1. The van der Waals surface area contributed by atoms with E-state index in [1.165, 1.54) is 0 Å². The molecule has 0 bridgehead atoms. The first-order valence-electron chi connectivity index (χ1n) is 10.2. The van der Waals surface area contributed by atoms with E-state index in [1.54, 1.807) is 40.0 Å². The molecule has 3 rings (SSSR count). The number of esters is 1. The molecule has 1 saturated heterocycles. The maximum atomic E-state index is 12.5. The van der Waals surface area contributed by atoms with Crippen LogP contribution in [0.3, 0.4) is 0 Å². The number of ether oxygens (including phenoxy) is 3. The SMILES string of the molecule is COc1cccc([C@@H](COc2ccc(CC3SC(=O)NC3=O)cc2)OC(=O)C(C)(C)C)c1. The maximum Gasteiger partial charge on any atom is 0.311 e. The Labute approximate surface area is 191 Å². The average molecular weight is 458 g/mol. The molecular weight excluding hydrogens is 430 g/mol. The van der Waals surface area contributed by atoms with Crippen LogP contribution in [0, 0.1) is 5.41 Å². The quantitative estimate of drug-likeness (QED) is 0.591. The second-order valence-electron chi connectivity index (χ2n) is 8.46. The Morgan fingerprint density at radius 2 is 1.81 bits per heavy atom. The van der Waals surface area contributed by atoms with Crippen molar-refractivity contribution < 1.29 is 28.6 Å². The second kappa shape index (κ2) is 10.1. The highest BCUT2D eigenvalue weighted by Gasteiger charge is 2.31. The van der Waals surface area contributed by atoms with Gasteiger partial charge in [0.25, 0.3) is 5.24 Å². The summed E-state index contributed by atoms with van der Waals surface area (Å²) in [4.78, 5) is 35.6. The van der Waals surface area contributed by atoms with Crippen molar-refractivity contribution in [3.8, 4) is 11.5 Å². The molecule has 170 valence electrons. The summed E-state index contributed by atoms with van der Waals surface area (Å²) in [7, 11) is 1.58. The van der Waals surface area contributed by atoms with Crippen molar-refractivity contribution in [1.82, 2.24) is 5.32 Å². The molecule has 1 aliphatic rings. The first-order valence-corrected chi connectivity index (χ1v) is 11.1. The lowest BCUT2D eigenvalue weighted by atomic mass is 9.97. The van der Waals surface area contributed by atoms with Crippen molar-refractivity contribution in [2.75, 3.05) is 13.7 Å². The van der Waals surface area contributed by atoms with E-state index >= 15 is 0 Å². The molecule has 0 aromatic heterocycles. The zero-order valence-electron chi connectivity index (χ0n) is 18.5. The number of amides is 2. The van der Waals surface area contributed by atoms with Gasteiger partial charge in [-0.25, -0.2) is 0 Å². The van der Waals surface area contributed by atoms with Gasteiger partial charge in [-0.05, 0) is 62.6 Å². The van der Waals surface area contributed by atoms with Crippen LogP contribution in [-0.4, -0.2) is 36.1 Å². The molecule has 0 radical (unpaired) electrons. The molecule has 1 N–H and O–H groups in total. The molecule has 0 saturated carbocycles. The molecule has 1 unspecified atom stereocenters. The minimum Gasteiger partial charge on any atom is -0.497 e. The minimum absolute atomic E-state index is 0.129. The third-order valence-electron chi connectivity index (χ3n) is 4.84. The van der Waals surface area contributed by atoms with Gasteiger partial charge in [-0.2, -0.15) is 0 Å². The summed E-state index contributed by atoms with van der Waals surface area (Å²) in [5.41, 5.74) is 1.04. The van der Waals surface area contributed by atoms with Gasteiger partial charge in [0.05, 0.1) is 17.8 Å². The summed E-state index contributed by atoms with van der Waals surface area (Å²) in [5.74, 6) is 0.678. The summed E-state index contributed by atoms with van der Waals surface area (Å²) in [5, 5.41) is 1.57. The highest BCUT2D eigenvalue weighted by Crippen LogP contribution is 2.28. The molecule has 1 fully saturated rings. The summed E-state index contributed by atoms with van der Waals surface area (Å²) in [6.07, 6.45) is -0.154. The van der Waals surface area contributed by atoms with E-state index in [0.29, 0.717) is 17.9 Å². The molecule has 32 heavy (non-hydrogen) atoms. The third kappa shape index (κ3) is 6.26. The predicted octanol–water partition coefficient (Wildman–Crippen LogP) is 4.30. The van der Waals surface area contributed by atoms with Crippen LogP contribution in [0.15, 0.2) is 48.5 Å². The number of hydrogen-bond donors (Lipinski definition) is 1. The fourth-order valence-electron chi connectivity index (χ4n) is 2.98. The summed E-state index contributed by atoms with van der Waals surface area (Å²) in [6, 6.07) is 14.6. The Hall–Kier alpha value is -3.00. The zero-order valence-corrected chi connectivity index (χ0v) is 19.4. The molecule has 2 amide bonds. The van der Waals surface area contributed by atoms with Gasteiger partial charge in [0.15, 0.2) is 6.10 Å². The van der Waals surface area contributed by atoms with Crippen LogP contribution in [0.25, 0.3) is 0 Å². The van der Waals surface area contributed by atoms with Crippen LogP contribution < -0.4 is 14.8 Å². The molecule has 2 aromatic rings. The van der Waals surface area contributed by atoms with E-state index in [2.05, 4.69) is 5.32 Å². The summed E-state index contributed by atoms with van der Waals surface area (Å²) < 4.78 is 17.0. The first kappa shape index (κ1) is 23.7. The van der Waals surface area contributed by atoms with Crippen LogP contribution in [0.1, 0.15) is 38.0 Å². The van der Waals surface area contributed by atoms with Crippen molar-refractivity contribution in [3.05, 3.63) is 59.7 Å². The maximum absolute atomic E-state index is 12.5. The van der Waals surface area contributed by atoms with E-state index in [4.69, 9.17) is 14.2 Å². The van der Waals surface area contributed by atoms with E-state index in [0.717, 1.165) is 22.9 Å². The third-order valence-corrected chi connectivity index (χ3v) is 5.82. The summed E-state index contributed by atoms with van der Waals surface area (Å²) in [6.45, 7) is 5.53. The molecule has 2 aromatic carbocycles. The molecule has 1 heterocycles. The Balaban J connectivity index is 1.67. The number of rotatable bonds is 8. The Bertz CT molecular complexity index is 983. The van der Waals surface area contributed by atoms with Gasteiger partial charge in [-0.15, -0.1) is 0 Å². The van der Waals surface area contributed by atoms with E-state index in [1.807, 2.05) is 36.4 Å². The van der Waals surface area contributed by atoms with Gasteiger partial charge in [0.2, 0.25) is 5.91 Å². The summed E-state index contributed by atoms with van der Waals surface area (Å²) >= 11 is 1.01. The molecule has 0 aliphatic carbocycles. The lowest BCUT2D eigenvalue weighted by Gasteiger charge is -2.24. The van der Waals surface area contributed by atoms with Crippen molar-refractivity contribution in [3.63, 3.8) is 0 Å². The van der Waals surface area contributed by atoms with Gasteiger partial charge < -0.3 is 14.2 Å². The molecule has 2 atom stereocenters. The number of hydrogen-bond acceptors (Lipinski definition) is 7. The fourth-order valence-corrected chi connectivity index (χ4v) is 3.84. The number of methoxy groups -OCH3 is 1. The van der Waals surface area contributed by atoms with E-state index in [9.17, 15) is 14.4 Å². The highest BCUT2D eigenvalue weighted by atomic mass is 32.2. The van der Waals surface area contributed by atoms with Crippen molar-refractivity contribution >= 4 is 28.9 Å². The largest absolute Gasteiger partial charge is 0.497 e. The van der Waals surface area contributed by atoms with Gasteiger partial charge >= 0.3 is 5.97 Å². The standard InChI is InChI=1S/C24H27NO6S/c1-24(2,3)22(27)31-19(16-6-5-7-18(13-16)29-4)14-30-17-10-8-15(9-11-17)12-20-21(26)25-23(28)32-20/h5-11,13,19-20H,12,14H2,1-4H3,(H,25,26,28)/t19-,20?/m1/s1. The smallest absolute Gasteiger partial charge is 0.311 e. The van der Waals surface area contributed by atoms with Gasteiger partial charge in [-0.3, -0.25) is 19.7 Å². The minimum atomic E-state index is -0.648. The molecule has 8 heteroatoms. The van der Waals surface area contributed by atoms with E-state index < -0.39 is 16.8 Å². The van der Waals surface area contributed by atoms with Crippen molar-refractivity contribution in [2.24, 2.45) is 5.41 Å². The van der Waals surface area contributed by atoms with Crippen molar-refractivity contribution in [2.45, 2.75) is 38.5 Å². The van der Waals surface area contributed by atoms with Gasteiger partial charge in [0.1, 0.15) is 18.1 Å². The lowest BCUT2D eigenvalue weighted by Crippen LogP contribution is -2.27. The Morgan fingerprint density at radius 1 is 1.09 bits per heavy atom. The first-order chi connectivity index (χ1) is 15.2. The fraction of sp³-hybridized carbons (Fsp3) is 0.375. The number of nitrogens with one attached hydrogen (secondary N) is 1. The zero-order chi connectivity index (χ0) is 23.3. The second-order valence-corrected chi connectivity index (χ2v) is 9.64. The van der Waals surface area contributed by atoms with Crippen LogP contribution >= 0.6 is 11.8 Å².